The Hall–Kier alpha value is -3.38. The maximum atomic E-state index is 14.0. The summed E-state index contributed by atoms with van der Waals surface area (Å²) in [6, 6.07) is 15.0. The largest absolute Gasteiger partial charge is 0.480 e. The van der Waals surface area contributed by atoms with Crippen molar-refractivity contribution < 1.29 is 13.9 Å². The van der Waals surface area contributed by atoms with Gasteiger partial charge in [-0.05, 0) is 56.2 Å². The summed E-state index contributed by atoms with van der Waals surface area (Å²) in [6.07, 6.45) is -0.537. The molecular formula is C24H26FN5O2S. The first kappa shape index (κ1) is 24.3. The van der Waals surface area contributed by atoms with Crippen LogP contribution in [-0.4, -0.2) is 25.9 Å². The Morgan fingerprint density at radius 3 is 2.48 bits per heavy atom. The van der Waals surface area contributed by atoms with E-state index in [0.717, 1.165) is 0 Å². The molecule has 0 bridgehead atoms. The van der Waals surface area contributed by atoms with Gasteiger partial charge in [0.15, 0.2) is 28.7 Å². The van der Waals surface area contributed by atoms with Gasteiger partial charge in [0.25, 0.3) is 0 Å². The molecule has 1 N–H and O–H groups in total. The van der Waals surface area contributed by atoms with Crippen molar-refractivity contribution in [1.29, 1.82) is 5.26 Å². The summed E-state index contributed by atoms with van der Waals surface area (Å²) in [6.45, 7) is 8.35. The van der Waals surface area contributed by atoms with Gasteiger partial charge in [-0.15, -0.1) is 10.2 Å². The van der Waals surface area contributed by atoms with Crippen molar-refractivity contribution in [2.24, 2.45) is 5.92 Å². The molecule has 172 valence electrons. The third kappa shape index (κ3) is 6.33. The number of carbonyl (C=O) groups excluding carboxylic acids is 1. The highest BCUT2D eigenvalue weighted by Gasteiger charge is 2.24. The molecule has 2 atom stereocenters. The van der Waals surface area contributed by atoms with Gasteiger partial charge in [0.2, 0.25) is 5.91 Å². The Morgan fingerprint density at radius 2 is 1.85 bits per heavy atom. The minimum Gasteiger partial charge on any atom is -0.480 e. The quantitative estimate of drug-likeness (QED) is 0.435. The monoisotopic (exact) mass is 467 g/mol. The highest BCUT2D eigenvalue weighted by Crippen LogP contribution is 2.29. The minimum absolute atomic E-state index is 0.147. The molecule has 1 aromatic heterocycles. The van der Waals surface area contributed by atoms with Crippen LogP contribution in [0.25, 0.3) is 0 Å². The van der Waals surface area contributed by atoms with Gasteiger partial charge in [0, 0.05) is 12.2 Å². The number of halogens is 1. The molecule has 2 aromatic carbocycles. The Balaban J connectivity index is 1.75. The maximum Gasteiger partial charge on any atom is 0.237 e. The number of nitriles is 1. The van der Waals surface area contributed by atoms with Crippen LogP contribution in [-0.2, 0) is 11.3 Å². The van der Waals surface area contributed by atoms with Gasteiger partial charge in [-0.3, -0.25) is 4.79 Å². The van der Waals surface area contributed by atoms with Crippen molar-refractivity contribution in [3.63, 3.8) is 0 Å². The fourth-order valence-electron chi connectivity index (χ4n) is 3.09. The van der Waals surface area contributed by atoms with Crippen molar-refractivity contribution in [1.82, 2.24) is 14.8 Å². The molecule has 1 amide bonds. The number of nitrogens with one attached hydrogen (secondary N) is 1. The second-order valence-electron chi connectivity index (χ2n) is 7.97. The Labute approximate surface area is 197 Å². The predicted octanol–water partition coefficient (Wildman–Crippen LogP) is 5.20. The molecule has 0 aliphatic rings. The number of benzene rings is 2. The number of aromatic nitrogens is 3. The van der Waals surface area contributed by atoms with Gasteiger partial charge >= 0.3 is 0 Å². The first-order chi connectivity index (χ1) is 15.8. The SMILES string of the molecule is CC(C)Cn1c(SC(C)C(=O)Nc2ccc(C#N)cc2)nnc1C(C)Oc1ccccc1F. The standard InChI is InChI=1S/C24H26FN5O2S/c1-15(2)14-30-22(16(3)32-21-8-6-5-7-20(21)25)28-29-24(30)33-17(4)23(31)27-19-11-9-18(13-26)10-12-19/h5-12,15-17H,14H2,1-4H3,(H,27,31). The molecule has 1 heterocycles. The molecule has 9 heteroatoms. The summed E-state index contributed by atoms with van der Waals surface area (Å²) in [5.41, 5.74) is 1.14. The first-order valence-electron chi connectivity index (χ1n) is 10.6. The third-order valence-corrected chi connectivity index (χ3v) is 5.81. The van der Waals surface area contributed by atoms with E-state index < -0.39 is 17.2 Å². The third-order valence-electron chi connectivity index (χ3n) is 4.73. The van der Waals surface area contributed by atoms with Crippen LogP contribution in [0.2, 0.25) is 0 Å². The lowest BCUT2D eigenvalue weighted by Crippen LogP contribution is -2.23. The second-order valence-corrected chi connectivity index (χ2v) is 9.28. The van der Waals surface area contributed by atoms with Gasteiger partial charge in [-0.1, -0.05) is 37.7 Å². The Kier molecular flexibility index (Phi) is 8.06. The van der Waals surface area contributed by atoms with Crippen LogP contribution in [0.5, 0.6) is 5.75 Å². The van der Waals surface area contributed by atoms with Crippen LogP contribution in [0, 0.1) is 23.1 Å². The number of thioether (sulfide) groups is 1. The summed E-state index contributed by atoms with van der Waals surface area (Å²) >= 11 is 1.29. The second kappa shape index (κ2) is 11.0. The number of hydrogen-bond donors (Lipinski definition) is 1. The molecule has 0 aliphatic heterocycles. The zero-order chi connectivity index (χ0) is 24.0. The molecular weight excluding hydrogens is 441 g/mol. The number of amides is 1. The molecule has 0 spiro atoms. The molecule has 0 saturated heterocycles. The average Bonchev–Trinajstić information content (AvgIpc) is 3.17. The van der Waals surface area contributed by atoms with E-state index in [2.05, 4.69) is 29.4 Å². The van der Waals surface area contributed by atoms with Gasteiger partial charge in [-0.25, -0.2) is 4.39 Å². The molecule has 3 rings (SSSR count). The maximum absolute atomic E-state index is 14.0. The van der Waals surface area contributed by atoms with Crippen LogP contribution in [0.1, 0.15) is 45.2 Å². The summed E-state index contributed by atoms with van der Waals surface area (Å²) in [5, 5.41) is 20.5. The molecule has 0 saturated carbocycles. The zero-order valence-corrected chi connectivity index (χ0v) is 19.8. The number of carbonyl (C=O) groups is 1. The number of anilines is 1. The highest BCUT2D eigenvalue weighted by atomic mass is 32.2. The fourth-order valence-corrected chi connectivity index (χ4v) is 3.96. The Morgan fingerprint density at radius 1 is 1.15 bits per heavy atom. The van der Waals surface area contributed by atoms with Crippen molar-refractivity contribution in [2.75, 3.05) is 5.32 Å². The smallest absolute Gasteiger partial charge is 0.237 e. The van der Waals surface area contributed by atoms with Gasteiger partial charge in [0.05, 0.1) is 16.9 Å². The highest BCUT2D eigenvalue weighted by molar-refractivity contribution is 8.00. The van der Waals surface area contributed by atoms with E-state index in [-0.39, 0.29) is 11.7 Å². The number of para-hydroxylation sites is 1. The molecule has 2 unspecified atom stereocenters. The summed E-state index contributed by atoms with van der Waals surface area (Å²) in [4.78, 5) is 12.7. The average molecular weight is 468 g/mol. The van der Waals surface area contributed by atoms with Gasteiger partial charge in [-0.2, -0.15) is 5.26 Å². The lowest BCUT2D eigenvalue weighted by Gasteiger charge is -2.19. The zero-order valence-electron chi connectivity index (χ0n) is 18.9. The van der Waals surface area contributed by atoms with Gasteiger partial charge < -0.3 is 14.6 Å². The van der Waals surface area contributed by atoms with E-state index in [0.29, 0.717) is 34.7 Å². The molecule has 0 radical (unpaired) electrons. The molecule has 33 heavy (non-hydrogen) atoms. The molecule has 0 aliphatic carbocycles. The summed E-state index contributed by atoms with van der Waals surface area (Å²) in [5.74, 6) is 0.369. The lowest BCUT2D eigenvalue weighted by molar-refractivity contribution is -0.115. The summed E-state index contributed by atoms with van der Waals surface area (Å²) < 4.78 is 21.8. The van der Waals surface area contributed by atoms with E-state index in [4.69, 9.17) is 10.00 Å². The normalized spacial score (nSPS) is 12.8. The van der Waals surface area contributed by atoms with Crippen LogP contribution in [0.4, 0.5) is 10.1 Å². The van der Waals surface area contributed by atoms with Crippen LogP contribution < -0.4 is 10.1 Å². The van der Waals surface area contributed by atoms with E-state index >= 15 is 0 Å². The van der Waals surface area contributed by atoms with Crippen LogP contribution in [0.15, 0.2) is 53.7 Å². The van der Waals surface area contributed by atoms with Crippen LogP contribution >= 0.6 is 11.8 Å². The number of ether oxygens (including phenoxy) is 1. The van der Waals surface area contributed by atoms with Crippen molar-refractivity contribution in [3.8, 4) is 11.8 Å². The van der Waals surface area contributed by atoms with E-state index in [1.165, 1.54) is 17.8 Å². The molecule has 7 nitrogen and oxygen atoms in total. The number of nitrogens with zero attached hydrogens (tertiary/aromatic N) is 4. The van der Waals surface area contributed by atoms with Crippen molar-refractivity contribution >= 4 is 23.4 Å². The summed E-state index contributed by atoms with van der Waals surface area (Å²) in [7, 11) is 0. The minimum atomic E-state index is -0.537. The lowest BCUT2D eigenvalue weighted by atomic mass is 10.2. The number of hydrogen-bond acceptors (Lipinski definition) is 6. The first-order valence-corrected chi connectivity index (χ1v) is 11.5. The predicted molar refractivity (Wildman–Crippen MR) is 125 cm³/mol. The molecule has 0 fully saturated rings. The topological polar surface area (TPSA) is 92.8 Å². The number of rotatable bonds is 9. The molecule has 3 aromatic rings. The van der Waals surface area contributed by atoms with Crippen molar-refractivity contribution in [2.45, 2.75) is 50.8 Å². The van der Waals surface area contributed by atoms with Crippen molar-refractivity contribution in [3.05, 3.63) is 65.7 Å². The van der Waals surface area contributed by atoms with E-state index in [9.17, 15) is 9.18 Å². The van der Waals surface area contributed by atoms with E-state index in [1.807, 2.05) is 10.6 Å². The fraction of sp³-hybridized carbons (Fsp3) is 0.333. The van der Waals surface area contributed by atoms with E-state index in [1.54, 1.807) is 56.3 Å². The van der Waals surface area contributed by atoms with Crippen LogP contribution in [0.3, 0.4) is 0 Å². The Bertz CT molecular complexity index is 1140. The van der Waals surface area contributed by atoms with Gasteiger partial charge in [0.1, 0.15) is 0 Å².